The van der Waals surface area contributed by atoms with Gasteiger partial charge in [-0.2, -0.15) is 4.31 Å². The lowest BCUT2D eigenvalue weighted by molar-refractivity contribution is 0.408. The van der Waals surface area contributed by atoms with Gasteiger partial charge in [0.25, 0.3) is 0 Å². The Balaban J connectivity index is 2.22. The average Bonchev–Trinajstić information content (AvgIpc) is 3.13. The van der Waals surface area contributed by atoms with Gasteiger partial charge in [0, 0.05) is 13.6 Å². The molecule has 0 bridgehead atoms. The summed E-state index contributed by atoms with van der Waals surface area (Å²) < 4.78 is 31.2. The van der Waals surface area contributed by atoms with Crippen LogP contribution in [0.4, 0.5) is 0 Å². The van der Waals surface area contributed by atoms with Gasteiger partial charge in [0.1, 0.15) is 10.5 Å². The summed E-state index contributed by atoms with van der Waals surface area (Å²) in [5.41, 5.74) is 7.64. The standard InChI is InChI=1S/C13H18N2O3S/c1-15-8-9-3-4-11(18-2)5-12(9)13(19(15,16)17)6-10(13)7-14/h3-5,10H,6-8,14H2,1-2H3. The van der Waals surface area contributed by atoms with E-state index in [1.807, 2.05) is 18.2 Å². The molecule has 0 aromatic heterocycles. The molecule has 1 saturated carbocycles. The van der Waals surface area contributed by atoms with Crippen LogP contribution in [0.1, 0.15) is 17.5 Å². The molecular weight excluding hydrogens is 264 g/mol. The van der Waals surface area contributed by atoms with Gasteiger partial charge in [-0.25, -0.2) is 8.42 Å². The first-order valence-electron chi connectivity index (χ1n) is 6.30. The number of nitrogens with two attached hydrogens (primary N) is 1. The molecular formula is C13H18N2O3S. The Hall–Kier alpha value is -1.11. The predicted molar refractivity (Wildman–Crippen MR) is 72.2 cm³/mol. The second-order valence-electron chi connectivity index (χ2n) is 5.31. The van der Waals surface area contributed by atoms with Crippen molar-refractivity contribution in [2.75, 3.05) is 20.7 Å². The molecule has 0 saturated heterocycles. The van der Waals surface area contributed by atoms with Crippen LogP contribution in [-0.2, 0) is 21.3 Å². The van der Waals surface area contributed by atoms with E-state index in [0.717, 1.165) is 11.1 Å². The van der Waals surface area contributed by atoms with Crippen LogP contribution < -0.4 is 10.5 Å². The third-order valence-corrected chi connectivity index (χ3v) is 6.96. The molecule has 104 valence electrons. The van der Waals surface area contributed by atoms with Crippen LogP contribution in [0.15, 0.2) is 18.2 Å². The molecule has 0 radical (unpaired) electrons. The molecule has 1 aromatic carbocycles. The van der Waals surface area contributed by atoms with Crippen molar-refractivity contribution in [1.82, 2.24) is 4.31 Å². The van der Waals surface area contributed by atoms with Crippen LogP contribution in [0, 0.1) is 5.92 Å². The highest BCUT2D eigenvalue weighted by Crippen LogP contribution is 2.61. The van der Waals surface area contributed by atoms with Gasteiger partial charge in [0.2, 0.25) is 10.0 Å². The molecule has 1 aliphatic heterocycles. The van der Waals surface area contributed by atoms with Crippen LogP contribution in [0.3, 0.4) is 0 Å². The van der Waals surface area contributed by atoms with Gasteiger partial charge < -0.3 is 10.5 Å². The summed E-state index contributed by atoms with van der Waals surface area (Å²) in [5, 5.41) is 0. The summed E-state index contributed by atoms with van der Waals surface area (Å²) in [6.45, 7) is 0.810. The SMILES string of the molecule is COc1ccc2c(c1)C1(CC1CN)S(=O)(=O)N(C)C2. The van der Waals surface area contributed by atoms with E-state index in [2.05, 4.69) is 0 Å². The Morgan fingerprint density at radius 2 is 2.26 bits per heavy atom. The third kappa shape index (κ3) is 1.50. The molecule has 3 rings (SSSR count). The number of hydrogen-bond acceptors (Lipinski definition) is 4. The Labute approximate surface area is 113 Å². The van der Waals surface area contributed by atoms with Crippen LogP contribution >= 0.6 is 0 Å². The van der Waals surface area contributed by atoms with Gasteiger partial charge >= 0.3 is 0 Å². The van der Waals surface area contributed by atoms with Crippen molar-refractivity contribution in [2.24, 2.45) is 11.7 Å². The Morgan fingerprint density at radius 3 is 2.84 bits per heavy atom. The van der Waals surface area contributed by atoms with E-state index >= 15 is 0 Å². The van der Waals surface area contributed by atoms with Crippen molar-refractivity contribution >= 4 is 10.0 Å². The quantitative estimate of drug-likeness (QED) is 0.864. The predicted octanol–water partition coefficient (Wildman–Crippen LogP) is 0.644. The zero-order valence-corrected chi connectivity index (χ0v) is 11.9. The number of hydrogen-bond donors (Lipinski definition) is 1. The van der Waals surface area contributed by atoms with Gasteiger partial charge in [-0.15, -0.1) is 0 Å². The molecule has 1 heterocycles. The van der Waals surface area contributed by atoms with Crippen LogP contribution in [0.2, 0.25) is 0 Å². The Bertz CT molecular complexity index is 629. The number of methoxy groups -OCH3 is 1. The Morgan fingerprint density at radius 1 is 1.53 bits per heavy atom. The van der Waals surface area contributed by atoms with E-state index in [9.17, 15) is 8.42 Å². The number of fused-ring (bicyclic) bond motifs is 2. The average molecular weight is 282 g/mol. The molecule has 1 aromatic rings. The highest BCUT2D eigenvalue weighted by Gasteiger charge is 2.67. The van der Waals surface area contributed by atoms with Gasteiger partial charge in [0.05, 0.1) is 7.11 Å². The van der Waals surface area contributed by atoms with Gasteiger partial charge in [0.15, 0.2) is 0 Å². The maximum atomic E-state index is 12.7. The summed E-state index contributed by atoms with van der Waals surface area (Å²) in [5.74, 6) is 0.701. The smallest absolute Gasteiger partial charge is 0.224 e. The number of rotatable bonds is 2. The first-order chi connectivity index (χ1) is 8.97. The molecule has 19 heavy (non-hydrogen) atoms. The number of nitrogens with zero attached hydrogens (tertiary/aromatic N) is 1. The minimum atomic E-state index is -3.33. The molecule has 6 heteroatoms. The van der Waals surface area contributed by atoms with Gasteiger partial charge in [-0.05, 0) is 42.1 Å². The van der Waals surface area contributed by atoms with Crippen molar-refractivity contribution in [3.63, 3.8) is 0 Å². The van der Waals surface area contributed by atoms with E-state index in [4.69, 9.17) is 10.5 Å². The molecule has 2 atom stereocenters. The van der Waals surface area contributed by atoms with Crippen molar-refractivity contribution in [3.05, 3.63) is 29.3 Å². The minimum Gasteiger partial charge on any atom is -0.497 e. The van der Waals surface area contributed by atoms with Crippen molar-refractivity contribution in [3.8, 4) is 5.75 Å². The lowest BCUT2D eigenvalue weighted by Crippen LogP contribution is -2.42. The lowest BCUT2D eigenvalue weighted by atomic mass is 10.00. The molecule has 1 aliphatic carbocycles. The van der Waals surface area contributed by atoms with E-state index < -0.39 is 14.8 Å². The molecule has 2 aliphatic rings. The maximum Gasteiger partial charge on any atom is 0.224 e. The number of sulfonamides is 1. The first kappa shape index (κ1) is 12.9. The van der Waals surface area contributed by atoms with Crippen LogP contribution in [0.5, 0.6) is 5.75 Å². The second kappa shape index (κ2) is 3.94. The van der Waals surface area contributed by atoms with E-state index in [1.54, 1.807) is 14.2 Å². The topological polar surface area (TPSA) is 72.6 Å². The zero-order valence-electron chi connectivity index (χ0n) is 11.1. The zero-order chi connectivity index (χ0) is 13.8. The summed E-state index contributed by atoms with van der Waals surface area (Å²) >= 11 is 0. The summed E-state index contributed by atoms with van der Waals surface area (Å²) in [6.07, 6.45) is 0.607. The maximum absolute atomic E-state index is 12.7. The molecule has 2 unspecified atom stereocenters. The highest BCUT2D eigenvalue weighted by molar-refractivity contribution is 7.90. The van der Waals surface area contributed by atoms with Crippen LogP contribution in [0.25, 0.3) is 0 Å². The van der Waals surface area contributed by atoms with Crippen molar-refractivity contribution < 1.29 is 13.2 Å². The minimum absolute atomic E-state index is 0.00565. The van der Waals surface area contributed by atoms with Crippen molar-refractivity contribution in [2.45, 2.75) is 17.7 Å². The van der Waals surface area contributed by atoms with Crippen LogP contribution in [-0.4, -0.2) is 33.4 Å². The fourth-order valence-electron chi connectivity index (χ4n) is 3.18. The van der Waals surface area contributed by atoms with E-state index in [-0.39, 0.29) is 5.92 Å². The van der Waals surface area contributed by atoms with E-state index in [1.165, 1.54) is 4.31 Å². The van der Waals surface area contributed by atoms with E-state index in [0.29, 0.717) is 25.3 Å². The lowest BCUT2D eigenvalue weighted by Gasteiger charge is -2.33. The molecule has 5 nitrogen and oxygen atoms in total. The molecule has 2 N–H and O–H groups in total. The fourth-order valence-corrected chi connectivity index (χ4v) is 5.45. The Kier molecular flexibility index (Phi) is 2.68. The van der Waals surface area contributed by atoms with Crippen molar-refractivity contribution in [1.29, 1.82) is 0 Å². The molecule has 1 spiro atoms. The second-order valence-corrected chi connectivity index (χ2v) is 7.61. The largest absolute Gasteiger partial charge is 0.497 e. The first-order valence-corrected chi connectivity index (χ1v) is 7.74. The van der Waals surface area contributed by atoms with Gasteiger partial charge in [-0.3, -0.25) is 0 Å². The molecule has 1 fully saturated rings. The fraction of sp³-hybridized carbons (Fsp3) is 0.538. The summed E-state index contributed by atoms with van der Waals surface area (Å²) in [7, 11) is -0.107. The third-order valence-electron chi connectivity index (χ3n) is 4.37. The summed E-state index contributed by atoms with van der Waals surface area (Å²) in [6, 6.07) is 5.68. The highest BCUT2D eigenvalue weighted by atomic mass is 32.2. The monoisotopic (exact) mass is 282 g/mol. The number of ether oxygens (including phenoxy) is 1. The van der Waals surface area contributed by atoms with Gasteiger partial charge in [-0.1, -0.05) is 6.07 Å². The summed E-state index contributed by atoms with van der Waals surface area (Å²) in [4.78, 5) is 0. The number of benzene rings is 1. The normalized spacial score (nSPS) is 32.1. The molecule has 0 amide bonds.